The van der Waals surface area contributed by atoms with Gasteiger partial charge in [0.2, 0.25) is 0 Å². The molecule has 2 bridgehead atoms. The fraction of sp³-hybridized carbons (Fsp3) is 0.952. The van der Waals surface area contributed by atoms with Crippen molar-refractivity contribution in [2.75, 3.05) is 7.11 Å². The standard InChI is InChI=1S/C21H38O2Se/c1-7-9-11-16(23-6)17(12-10-8-2)24-18-15-13-14-21(5,19(18)22)20(15,3)4/h15-18H,7-14H2,1-6H3/t15-,16?,17?,18+,21+/m1/s1. The number of rotatable bonds is 10. The zero-order valence-electron chi connectivity index (χ0n) is 16.7. The third-order valence-electron chi connectivity index (χ3n) is 7.20. The molecule has 140 valence electrons. The summed E-state index contributed by atoms with van der Waals surface area (Å²) in [5, 5.41) is 0. The van der Waals surface area contributed by atoms with Crippen LogP contribution in [0.2, 0.25) is 9.63 Å². The van der Waals surface area contributed by atoms with Crippen molar-refractivity contribution in [2.24, 2.45) is 16.7 Å². The summed E-state index contributed by atoms with van der Waals surface area (Å²) in [6.45, 7) is 11.5. The van der Waals surface area contributed by atoms with Crippen LogP contribution >= 0.6 is 0 Å². The molecule has 2 nitrogen and oxygen atoms in total. The van der Waals surface area contributed by atoms with Gasteiger partial charge in [-0.3, -0.25) is 0 Å². The Labute approximate surface area is 156 Å². The molecule has 2 unspecified atom stereocenters. The number of fused-ring (bicyclic) bond motifs is 2. The molecule has 2 rings (SSSR count). The van der Waals surface area contributed by atoms with Gasteiger partial charge in [-0.15, -0.1) is 0 Å². The molecule has 0 saturated heterocycles. The topological polar surface area (TPSA) is 26.3 Å². The summed E-state index contributed by atoms with van der Waals surface area (Å²) in [5.74, 6) is 1.21. The van der Waals surface area contributed by atoms with E-state index in [9.17, 15) is 4.79 Å². The van der Waals surface area contributed by atoms with Crippen LogP contribution in [0, 0.1) is 16.7 Å². The third kappa shape index (κ3) is 3.51. The molecule has 2 aliphatic carbocycles. The zero-order valence-corrected chi connectivity index (χ0v) is 18.4. The Morgan fingerprint density at radius 2 is 1.79 bits per heavy atom. The summed E-state index contributed by atoms with van der Waals surface area (Å²) in [5.41, 5.74) is 0.128. The first-order chi connectivity index (χ1) is 11.3. The van der Waals surface area contributed by atoms with Crippen molar-refractivity contribution < 1.29 is 9.53 Å². The van der Waals surface area contributed by atoms with Crippen LogP contribution in [0.1, 0.15) is 86.0 Å². The van der Waals surface area contributed by atoms with Gasteiger partial charge in [-0.05, 0) is 0 Å². The van der Waals surface area contributed by atoms with Gasteiger partial charge in [0, 0.05) is 0 Å². The van der Waals surface area contributed by atoms with Crippen LogP contribution < -0.4 is 0 Å². The number of unbranched alkanes of at least 4 members (excludes halogenated alkanes) is 2. The molecule has 0 N–H and O–H groups in total. The Kier molecular flexibility index (Phi) is 7.02. The average Bonchev–Trinajstić information content (AvgIpc) is 2.86. The van der Waals surface area contributed by atoms with E-state index in [1.54, 1.807) is 0 Å². The van der Waals surface area contributed by atoms with Gasteiger partial charge >= 0.3 is 156 Å². The molecule has 0 heterocycles. The van der Waals surface area contributed by atoms with Crippen molar-refractivity contribution >= 4 is 20.7 Å². The van der Waals surface area contributed by atoms with Gasteiger partial charge in [0.25, 0.3) is 0 Å². The van der Waals surface area contributed by atoms with Crippen molar-refractivity contribution in [2.45, 2.75) is 102 Å². The van der Waals surface area contributed by atoms with E-state index in [0.29, 0.717) is 42.4 Å². The number of hydrogen-bond acceptors (Lipinski definition) is 2. The molecule has 3 heteroatoms. The van der Waals surface area contributed by atoms with Gasteiger partial charge in [-0.25, -0.2) is 0 Å². The summed E-state index contributed by atoms with van der Waals surface area (Å²) in [4.78, 5) is 14.2. The van der Waals surface area contributed by atoms with Gasteiger partial charge in [-0.1, -0.05) is 0 Å². The average molecular weight is 401 g/mol. The Balaban J connectivity index is 2.13. The molecule has 0 aromatic heterocycles. The van der Waals surface area contributed by atoms with Crippen LogP contribution in [-0.4, -0.2) is 34.0 Å². The predicted octanol–water partition coefficient (Wildman–Crippen LogP) is 5.69. The first kappa shape index (κ1) is 20.5. The summed E-state index contributed by atoms with van der Waals surface area (Å²) < 4.78 is 5.92. The molecule has 0 aliphatic heterocycles. The van der Waals surface area contributed by atoms with Crippen LogP contribution in [0.4, 0.5) is 0 Å². The van der Waals surface area contributed by atoms with E-state index in [4.69, 9.17) is 4.74 Å². The van der Waals surface area contributed by atoms with Crippen LogP contribution in [0.15, 0.2) is 0 Å². The molecule has 0 amide bonds. The molecule has 0 aromatic carbocycles. The van der Waals surface area contributed by atoms with Gasteiger partial charge in [0.05, 0.1) is 0 Å². The van der Waals surface area contributed by atoms with Crippen LogP contribution in [0.25, 0.3) is 0 Å². The first-order valence-electron chi connectivity index (χ1n) is 10.1. The van der Waals surface area contributed by atoms with Gasteiger partial charge in [-0.2, -0.15) is 0 Å². The maximum absolute atomic E-state index is 13.2. The number of hydrogen-bond donors (Lipinski definition) is 0. The summed E-state index contributed by atoms with van der Waals surface area (Å²) >= 11 is 0.376. The van der Waals surface area contributed by atoms with E-state index in [1.807, 2.05) is 7.11 Å². The fourth-order valence-corrected chi connectivity index (χ4v) is 9.47. The van der Waals surface area contributed by atoms with Crippen molar-refractivity contribution in [3.63, 3.8) is 0 Å². The van der Waals surface area contributed by atoms with Crippen LogP contribution in [-0.2, 0) is 9.53 Å². The van der Waals surface area contributed by atoms with Crippen LogP contribution in [0.5, 0.6) is 0 Å². The second kappa shape index (κ2) is 8.23. The number of Topliss-reactive ketones (excluding diaryl/α,β-unsaturated/α-hetero) is 1. The van der Waals surface area contributed by atoms with E-state index in [1.165, 1.54) is 38.5 Å². The second-order valence-corrected chi connectivity index (χ2v) is 11.6. The molecule has 2 aliphatic rings. The van der Waals surface area contributed by atoms with E-state index >= 15 is 0 Å². The van der Waals surface area contributed by atoms with E-state index in [-0.39, 0.29) is 10.8 Å². The second-order valence-electron chi connectivity index (χ2n) is 8.72. The monoisotopic (exact) mass is 402 g/mol. The molecular weight excluding hydrogens is 363 g/mol. The number of carbonyl (C=O) groups is 1. The fourth-order valence-electron chi connectivity index (χ4n) is 4.96. The maximum atomic E-state index is 13.2. The van der Waals surface area contributed by atoms with Gasteiger partial charge < -0.3 is 0 Å². The predicted molar refractivity (Wildman–Crippen MR) is 103 cm³/mol. The summed E-state index contributed by atoms with van der Waals surface area (Å²) in [7, 11) is 1.88. The minimum absolute atomic E-state index is 0.0641. The normalized spacial score (nSPS) is 33.8. The molecule has 0 spiro atoms. The zero-order chi connectivity index (χ0) is 18.0. The third-order valence-corrected chi connectivity index (χ3v) is 10.8. The van der Waals surface area contributed by atoms with Crippen molar-refractivity contribution in [3.05, 3.63) is 0 Å². The van der Waals surface area contributed by atoms with Crippen molar-refractivity contribution in [3.8, 4) is 0 Å². The molecule has 0 aromatic rings. The van der Waals surface area contributed by atoms with Gasteiger partial charge in [0.1, 0.15) is 0 Å². The Morgan fingerprint density at radius 1 is 1.17 bits per heavy atom. The van der Waals surface area contributed by atoms with Crippen LogP contribution in [0.3, 0.4) is 0 Å². The first-order valence-corrected chi connectivity index (χ1v) is 12.0. The Morgan fingerprint density at radius 3 is 2.29 bits per heavy atom. The van der Waals surface area contributed by atoms with Gasteiger partial charge in [0.15, 0.2) is 0 Å². The quantitative estimate of drug-likeness (QED) is 0.440. The van der Waals surface area contributed by atoms with E-state index in [0.717, 1.165) is 12.8 Å². The molecule has 2 fully saturated rings. The molecule has 24 heavy (non-hydrogen) atoms. The minimum atomic E-state index is -0.0641. The summed E-state index contributed by atoms with van der Waals surface area (Å²) in [6.07, 6.45) is 10.1. The summed E-state index contributed by atoms with van der Waals surface area (Å²) in [6, 6.07) is 0. The van der Waals surface area contributed by atoms with Crippen molar-refractivity contribution in [1.82, 2.24) is 0 Å². The molecular formula is C21H38O2Se. The van der Waals surface area contributed by atoms with E-state index in [2.05, 4.69) is 34.6 Å². The Hall–Kier alpha value is 0.149. The number of carbonyl (C=O) groups excluding carboxylic acids is 1. The number of ketones is 1. The molecule has 2 saturated carbocycles. The van der Waals surface area contributed by atoms with Crippen molar-refractivity contribution in [1.29, 1.82) is 0 Å². The number of methoxy groups -OCH3 is 1. The van der Waals surface area contributed by atoms with E-state index < -0.39 is 0 Å². The molecule has 0 radical (unpaired) electrons. The SMILES string of the molecule is CCCCC(OC)C(CCCC)[Se][C@@H]1C(=O)[C@]2(C)CC[C@H]1C2(C)C. The Bertz CT molecular complexity index is 434. The molecule has 5 atom stereocenters. The number of ether oxygens (including phenoxy) is 1.